The number of rotatable bonds is 6. The van der Waals surface area contributed by atoms with E-state index in [1.165, 1.54) is 0 Å². The lowest BCUT2D eigenvalue weighted by Crippen LogP contribution is -2.36. The van der Waals surface area contributed by atoms with Crippen LogP contribution in [0, 0.1) is 0 Å². The zero-order valence-corrected chi connectivity index (χ0v) is 20.2. The molecular weight excluding hydrogens is 468 g/mol. The molecule has 0 unspecified atom stereocenters. The Labute approximate surface area is 204 Å². The van der Waals surface area contributed by atoms with Gasteiger partial charge in [-0.1, -0.05) is 24.3 Å². The largest absolute Gasteiger partial charge is 0.447 e. The van der Waals surface area contributed by atoms with Crippen molar-refractivity contribution in [1.29, 1.82) is 0 Å². The van der Waals surface area contributed by atoms with Crippen LogP contribution in [0.15, 0.2) is 79.1 Å². The number of hydrogen-bond acceptors (Lipinski definition) is 7. The number of hydrogen-bond donors (Lipinski definition) is 2. The van der Waals surface area contributed by atoms with Crippen molar-refractivity contribution >= 4 is 67.2 Å². The van der Waals surface area contributed by atoms with Crippen LogP contribution in [0.25, 0.3) is 38.4 Å². The predicted octanol–water partition coefficient (Wildman–Crippen LogP) is 5.52. The molecule has 1 aliphatic rings. The van der Waals surface area contributed by atoms with E-state index in [-0.39, 0.29) is 13.2 Å². The maximum Gasteiger partial charge on any atom is 0.271 e. The summed E-state index contributed by atoms with van der Waals surface area (Å²) in [4.78, 5) is 2.97. The summed E-state index contributed by atoms with van der Waals surface area (Å²) in [6.07, 6.45) is 4.24. The van der Waals surface area contributed by atoms with Gasteiger partial charge in [0.15, 0.2) is 11.6 Å². The van der Waals surface area contributed by atoms with Crippen LogP contribution in [-0.2, 0) is 6.54 Å². The number of fused-ring (bicyclic) bond motifs is 6. The number of aliphatic hydroxyl groups excluding tert-OH is 2. The molecule has 8 heteroatoms. The molecule has 0 atom stereocenters. The second-order valence-corrected chi connectivity index (χ2v) is 10.1. The van der Waals surface area contributed by atoms with Crippen LogP contribution in [-0.4, -0.2) is 30.0 Å². The molecule has 3 aromatic heterocycles. The number of aromatic nitrogens is 1. The molecule has 4 heterocycles. The molecule has 172 valence electrons. The highest BCUT2D eigenvalue weighted by atomic mass is 32.2. The molecule has 0 fully saturated rings. The molecular formula is C26H23N2O4S2+. The van der Waals surface area contributed by atoms with Crippen molar-refractivity contribution in [2.75, 3.05) is 24.7 Å². The number of β-amino-alcohol motifs (C(OH)–C–C–N with tert-alkyl or cyclic N) is 1. The van der Waals surface area contributed by atoms with E-state index in [1.807, 2.05) is 36.4 Å². The van der Waals surface area contributed by atoms with Gasteiger partial charge in [-0.2, -0.15) is 4.57 Å². The lowest BCUT2D eigenvalue weighted by atomic mass is 10.2. The van der Waals surface area contributed by atoms with Crippen LogP contribution in [0.2, 0.25) is 0 Å². The lowest BCUT2D eigenvalue weighted by molar-refractivity contribution is -0.669. The quantitative estimate of drug-likeness (QED) is 0.305. The highest BCUT2D eigenvalue weighted by molar-refractivity contribution is 8.03. The summed E-state index contributed by atoms with van der Waals surface area (Å²) in [6, 6.07) is 16.0. The molecule has 0 amide bonds. The van der Waals surface area contributed by atoms with Gasteiger partial charge in [-0.3, -0.25) is 0 Å². The van der Waals surface area contributed by atoms with Gasteiger partial charge in [-0.15, -0.1) is 0 Å². The van der Waals surface area contributed by atoms with E-state index in [9.17, 15) is 10.2 Å². The Balaban J connectivity index is 1.41. The van der Waals surface area contributed by atoms with Gasteiger partial charge < -0.3 is 23.9 Å². The molecule has 6 rings (SSSR count). The minimum absolute atomic E-state index is 0.0461. The fraction of sp³-hybridized carbons (Fsp3) is 0.192. The Morgan fingerprint density at radius 3 is 2.50 bits per heavy atom. The number of nitrogens with zero attached hydrogens (tertiary/aromatic N) is 2. The summed E-state index contributed by atoms with van der Waals surface area (Å²) in [7, 11) is 0. The lowest BCUT2D eigenvalue weighted by Gasteiger charge is -2.18. The molecule has 0 saturated carbocycles. The van der Waals surface area contributed by atoms with E-state index in [0.29, 0.717) is 13.1 Å². The van der Waals surface area contributed by atoms with Crippen molar-refractivity contribution in [3.63, 3.8) is 0 Å². The van der Waals surface area contributed by atoms with E-state index in [4.69, 9.17) is 8.83 Å². The SMILES string of the molecule is CC(/C=C1\Sc2oc3ccccc3c2N1CCO)=C\c1sc2oc3ccccc3c2[n+]1CCO. The monoisotopic (exact) mass is 491 g/mol. The normalized spacial score (nSPS) is 15.4. The Morgan fingerprint density at radius 1 is 1.00 bits per heavy atom. The molecule has 0 radical (unpaired) electrons. The zero-order chi connectivity index (χ0) is 23.2. The van der Waals surface area contributed by atoms with Crippen molar-refractivity contribution in [2.24, 2.45) is 0 Å². The smallest absolute Gasteiger partial charge is 0.271 e. The molecule has 0 bridgehead atoms. The third-order valence-corrected chi connectivity index (χ3v) is 7.91. The van der Waals surface area contributed by atoms with E-state index in [1.54, 1.807) is 23.1 Å². The number of thiazole rings is 1. The van der Waals surface area contributed by atoms with Crippen molar-refractivity contribution in [1.82, 2.24) is 0 Å². The van der Waals surface area contributed by atoms with Gasteiger partial charge >= 0.3 is 0 Å². The minimum atomic E-state index is 0.0461. The summed E-state index contributed by atoms with van der Waals surface area (Å²) in [5, 5.41) is 24.4. The average Bonchev–Trinajstić information content (AvgIpc) is 3.54. The summed E-state index contributed by atoms with van der Waals surface area (Å²) in [5.74, 6) is 0. The number of para-hydroxylation sites is 2. The highest BCUT2D eigenvalue weighted by Crippen LogP contribution is 2.51. The highest BCUT2D eigenvalue weighted by Gasteiger charge is 2.31. The van der Waals surface area contributed by atoms with Crippen molar-refractivity contribution < 1.29 is 23.6 Å². The van der Waals surface area contributed by atoms with Gasteiger partial charge in [0.25, 0.3) is 15.4 Å². The van der Waals surface area contributed by atoms with Gasteiger partial charge in [0.1, 0.15) is 23.5 Å². The molecule has 6 nitrogen and oxygen atoms in total. The first kappa shape index (κ1) is 21.5. The summed E-state index contributed by atoms with van der Waals surface area (Å²) < 4.78 is 14.3. The van der Waals surface area contributed by atoms with Crippen LogP contribution in [0.1, 0.15) is 11.9 Å². The predicted molar refractivity (Wildman–Crippen MR) is 137 cm³/mol. The third kappa shape index (κ3) is 3.45. The van der Waals surface area contributed by atoms with Gasteiger partial charge in [-0.25, -0.2) is 0 Å². The molecule has 1 aliphatic heterocycles. The topological polar surface area (TPSA) is 73.9 Å². The van der Waals surface area contributed by atoms with Crippen LogP contribution in [0.5, 0.6) is 0 Å². The number of aliphatic hydroxyl groups is 2. The standard InChI is InChI=1S/C26H23N2O4S2/c1-16(14-21-27(10-12-29)23-17-6-2-4-8-19(17)31-25(23)33-21)15-22-28(11-13-30)24-18-7-3-5-9-20(18)32-26(24)34-22/h2-9,14-15,29-30H,10-13H2,1H3/q+1. The van der Waals surface area contributed by atoms with Crippen molar-refractivity contribution in [3.05, 3.63) is 70.2 Å². The maximum absolute atomic E-state index is 9.73. The Hall–Kier alpha value is -3.04. The Bertz CT molecular complexity index is 1590. The first-order chi connectivity index (χ1) is 16.7. The molecule has 2 aromatic carbocycles. The van der Waals surface area contributed by atoms with Gasteiger partial charge in [0.05, 0.1) is 17.0 Å². The molecule has 0 aliphatic carbocycles. The Kier molecular flexibility index (Phi) is 5.45. The van der Waals surface area contributed by atoms with E-state index < -0.39 is 0 Å². The number of anilines is 1. The summed E-state index contributed by atoms with van der Waals surface area (Å²) >= 11 is 3.16. The first-order valence-electron chi connectivity index (χ1n) is 11.1. The second kappa shape index (κ2) is 8.63. The summed E-state index contributed by atoms with van der Waals surface area (Å²) in [6.45, 7) is 3.14. The molecule has 0 saturated heterocycles. The molecule has 5 aromatic rings. The molecule has 2 N–H and O–H groups in total. The van der Waals surface area contributed by atoms with Crippen LogP contribution < -0.4 is 9.47 Å². The fourth-order valence-electron chi connectivity index (χ4n) is 4.48. The third-order valence-electron chi connectivity index (χ3n) is 5.89. The zero-order valence-electron chi connectivity index (χ0n) is 18.5. The second-order valence-electron chi connectivity index (χ2n) is 8.13. The molecule has 0 spiro atoms. The Morgan fingerprint density at radius 2 is 1.74 bits per heavy atom. The van der Waals surface area contributed by atoms with Gasteiger partial charge in [-0.05, 0) is 65.9 Å². The number of benzene rings is 2. The van der Waals surface area contributed by atoms with Crippen LogP contribution in [0.4, 0.5) is 5.69 Å². The average molecular weight is 492 g/mol. The minimum Gasteiger partial charge on any atom is -0.447 e. The summed E-state index contributed by atoms with van der Waals surface area (Å²) in [5.41, 5.74) is 4.80. The molecule has 34 heavy (non-hydrogen) atoms. The van der Waals surface area contributed by atoms with E-state index in [2.05, 4.69) is 40.7 Å². The van der Waals surface area contributed by atoms with Gasteiger partial charge in [0, 0.05) is 18.0 Å². The van der Waals surface area contributed by atoms with Crippen molar-refractivity contribution in [2.45, 2.75) is 18.6 Å². The van der Waals surface area contributed by atoms with E-state index >= 15 is 0 Å². The van der Waals surface area contributed by atoms with Crippen LogP contribution >= 0.6 is 23.1 Å². The van der Waals surface area contributed by atoms with Crippen molar-refractivity contribution in [3.8, 4) is 0 Å². The number of thioether (sulfide) groups is 1. The maximum atomic E-state index is 9.73. The number of furan rings is 2. The van der Waals surface area contributed by atoms with E-state index in [0.717, 1.165) is 58.7 Å². The van der Waals surface area contributed by atoms with Crippen LogP contribution in [0.3, 0.4) is 0 Å². The van der Waals surface area contributed by atoms with Gasteiger partial charge in [0.2, 0.25) is 0 Å². The number of allylic oxidation sites excluding steroid dienone is 2. The fourth-order valence-corrected chi connectivity index (χ4v) is 6.83. The first-order valence-corrected chi connectivity index (χ1v) is 12.7.